The van der Waals surface area contributed by atoms with E-state index in [-0.39, 0.29) is 0 Å². The van der Waals surface area contributed by atoms with Crippen LogP contribution in [0, 0.1) is 0 Å². The fourth-order valence-corrected chi connectivity index (χ4v) is 2.27. The van der Waals surface area contributed by atoms with E-state index in [1.54, 1.807) is 6.07 Å². The highest BCUT2D eigenvalue weighted by Crippen LogP contribution is 2.17. The Morgan fingerprint density at radius 2 is 1.95 bits per heavy atom. The van der Waals surface area contributed by atoms with Crippen molar-refractivity contribution in [1.82, 2.24) is 9.97 Å². The van der Waals surface area contributed by atoms with Crippen molar-refractivity contribution >= 4 is 23.4 Å². The molecule has 0 atom stereocenters. The van der Waals surface area contributed by atoms with E-state index in [0.717, 1.165) is 18.8 Å². The molecule has 0 radical (unpaired) electrons. The Labute approximate surface area is 117 Å². The SMILES string of the molecule is CCc1ccccc1CNc1cc(N)nc(SC)n1. The van der Waals surface area contributed by atoms with Crippen LogP contribution in [-0.2, 0) is 13.0 Å². The third kappa shape index (κ3) is 3.61. The van der Waals surface area contributed by atoms with Crippen molar-refractivity contribution in [2.75, 3.05) is 17.3 Å². The van der Waals surface area contributed by atoms with Gasteiger partial charge in [-0.05, 0) is 23.8 Å². The lowest BCUT2D eigenvalue weighted by molar-refractivity contribution is 0.957. The van der Waals surface area contributed by atoms with Crippen LogP contribution in [0.1, 0.15) is 18.1 Å². The van der Waals surface area contributed by atoms with Gasteiger partial charge in [0.1, 0.15) is 11.6 Å². The van der Waals surface area contributed by atoms with Crippen LogP contribution in [-0.4, -0.2) is 16.2 Å². The summed E-state index contributed by atoms with van der Waals surface area (Å²) in [6.45, 7) is 2.90. The minimum absolute atomic E-state index is 0.491. The second-order valence-electron chi connectivity index (χ2n) is 4.14. The van der Waals surface area contributed by atoms with Crippen LogP contribution in [0.15, 0.2) is 35.5 Å². The van der Waals surface area contributed by atoms with Gasteiger partial charge in [0.15, 0.2) is 5.16 Å². The zero-order valence-corrected chi connectivity index (χ0v) is 12.0. The maximum absolute atomic E-state index is 5.76. The second-order valence-corrected chi connectivity index (χ2v) is 4.91. The zero-order valence-electron chi connectivity index (χ0n) is 11.2. The van der Waals surface area contributed by atoms with Crippen LogP contribution in [0.2, 0.25) is 0 Å². The number of aryl methyl sites for hydroxylation is 1. The van der Waals surface area contributed by atoms with Crippen LogP contribution in [0.4, 0.5) is 11.6 Å². The molecule has 2 aromatic rings. The molecule has 0 aliphatic heterocycles. The van der Waals surface area contributed by atoms with Crippen molar-refractivity contribution in [3.8, 4) is 0 Å². The lowest BCUT2D eigenvalue weighted by atomic mass is 10.1. The van der Waals surface area contributed by atoms with Gasteiger partial charge in [0, 0.05) is 12.6 Å². The van der Waals surface area contributed by atoms with Crippen LogP contribution in [0.25, 0.3) is 0 Å². The smallest absolute Gasteiger partial charge is 0.191 e. The summed E-state index contributed by atoms with van der Waals surface area (Å²) in [4.78, 5) is 8.51. The zero-order chi connectivity index (χ0) is 13.7. The van der Waals surface area contributed by atoms with Crippen molar-refractivity contribution in [2.45, 2.75) is 25.0 Å². The van der Waals surface area contributed by atoms with Crippen molar-refractivity contribution < 1.29 is 0 Å². The maximum Gasteiger partial charge on any atom is 0.191 e. The van der Waals surface area contributed by atoms with Crippen molar-refractivity contribution in [1.29, 1.82) is 0 Å². The number of nitrogen functional groups attached to an aromatic ring is 1. The van der Waals surface area contributed by atoms with Crippen molar-refractivity contribution in [3.63, 3.8) is 0 Å². The molecule has 0 saturated heterocycles. The average Bonchev–Trinajstić information content (AvgIpc) is 2.44. The number of rotatable bonds is 5. The number of aromatic nitrogens is 2. The first-order chi connectivity index (χ1) is 9.22. The number of thioether (sulfide) groups is 1. The highest BCUT2D eigenvalue weighted by Gasteiger charge is 2.03. The van der Waals surface area contributed by atoms with E-state index in [0.29, 0.717) is 11.0 Å². The highest BCUT2D eigenvalue weighted by atomic mass is 32.2. The molecule has 1 aromatic carbocycles. The molecule has 0 bridgehead atoms. The molecule has 0 spiro atoms. The lowest BCUT2D eigenvalue weighted by Crippen LogP contribution is -2.06. The highest BCUT2D eigenvalue weighted by molar-refractivity contribution is 7.98. The minimum atomic E-state index is 0.491. The van der Waals surface area contributed by atoms with E-state index in [9.17, 15) is 0 Å². The van der Waals surface area contributed by atoms with Crippen molar-refractivity contribution in [3.05, 3.63) is 41.5 Å². The third-order valence-electron chi connectivity index (χ3n) is 2.87. The average molecular weight is 274 g/mol. The number of hydrogen-bond acceptors (Lipinski definition) is 5. The predicted octanol–water partition coefficient (Wildman–Crippen LogP) is 2.96. The number of nitrogens with one attached hydrogen (secondary N) is 1. The van der Waals surface area contributed by atoms with Gasteiger partial charge in [-0.3, -0.25) is 0 Å². The quantitative estimate of drug-likeness (QED) is 0.648. The molecule has 2 rings (SSSR count). The van der Waals surface area contributed by atoms with E-state index in [2.05, 4.69) is 46.5 Å². The second kappa shape index (κ2) is 6.43. The van der Waals surface area contributed by atoms with Gasteiger partial charge in [-0.15, -0.1) is 0 Å². The molecule has 1 heterocycles. The molecule has 0 unspecified atom stereocenters. The van der Waals surface area contributed by atoms with Crippen LogP contribution in [0.3, 0.4) is 0 Å². The molecule has 0 aliphatic carbocycles. The largest absolute Gasteiger partial charge is 0.383 e. The van der Waals surface area contributed by atoms with Gasteiger partial charge in [-0.2, -0.15) is 0 Å². The lowest BCUT2D eigenvalue weighted by Gasteiger charge is -2.10. The van der Waals surface area contributed by atoms with Gasteiger partial charge in [0.25, 0.3) is 0 Å². The Hall–Kier alpha value is -1.75. The first kappa shape index (κ1) is 13.7. The topological polar surface area (TPSA) is 63.8 Å². The van der Waals surface area contributed by atoms with Crippen LogP contribution < -0.4 is 11.1 Å². The summed E-state index contributed by atoms with van der Waals surface area (Å²) in [7, 11) is 0. The fraction of sp³-hybridized carbons (Fsp3) is 0.286. The normalized spacial score (nSPS) is 10.4. The number of hydrogen-bond donors (Lipinski definition) is 2. The third-order valence-corrected chi connectivity index (χ3v) is 3.41. The Bertz CT molecular complexity index is 557. The minimum Gasteiger partial charge on any atom is -0.383 e. The molecule has 0 saturated carbocycles. The van der Waals surface area contributed by atoms with E-state index in [1.807, 2.05) is 6.26 Å². The summed E-state index contributed by atoms with van der Waals surface area (Å²) >= 11 is 1.48. The van der Waals surface area contributed by atoms with E-state index in [4.69, 9.17) is 5.73 Å². The van der Waals surface area contributed by atoms with E-state index >= 15 is 0 Å². The maximum atomic E-state index is 5.76. The summed E-state index contributed by atoms with van der Waals surface area (Å²) in [5.74, 6) is 1.26. The van der Waals surface area contributed by atoms with E-state index in [1.165, 1.54) is 22.9 Å². The summed E-state index contributed by atoms with van der Waals surface area (Å²) in [6, 6.07) is 10.2. The number of benzene rings is 1. The molecule has 4 nitrogen and oxygen atoms in total. The molecule has 5 heteroatoms. The fourth-order valence-electron chi connectivity index (χ4n) is 1.89. The van der Waals surface area contributed by atoms with Gasteiger partial charge < -0.3 is 11.1 Å². The van der Waals surface area contributed by atoms with Gasteiger partial charge >= 0.3 is 0 Å². The molecule has 1 aromatic heterocycles. The Kier molecular flexibility index (Phi) is 4.63. The first-order valence-corrected chi connectivity index (χ1v) is 7.44. The monoisotopic (exact) mass is 274 g/mol. The van der Waals surface area contributed by atoms with Crippen molar-refractivity contribution in [2.24, 2.45) is 0 Å². The summed E-state index contributed by atoms with van der Waals surface area (Å²) in [5.41, 5.74) is 8.39. The Balaban J connectivity index is 2.12. The molecule has 0 amide bonds. The Morgan fingerprint density at radius 3 is 2.63 bits per heavy atom. The van der Waals surface area contributed by atoms with E-state index < -0.39 is 0 Å². The molecule has 3 N–H and O–H groups in total. The van der Waals surface area contributed by atoms with Gasteiger partial charge in [0.2, 0.25) is 0 Å². The Morgan fingerprint density at radius 1 is 1.21 bits per heavy atom. The number of nitrogens with two attached hydrogens (primary N) is 1. The summed E-state index contributed by atoms with van der Waals surface area (Å²) in [6.07, 6.45) is 2.96. The van der Waals surface area contributed by atoms with Gasteiger partial charge in [0.05, 0.1) is 0 Å². The molecular formula is C14H18N4S. The first-order valence-electron chi connectivity index (χ1n) is 6.22. The number of nitrogens with zero attached hydrogens (tertiary/aromatic N) is 2. The van der Waals surface area contributed by atoms with Gasteiger partial charge in [-0.1, -0.05) is 43.0 Å². The number of anilines is 2. The predicted molar refractivity (Wildman–Crippen MR) is 81.4 cm³/mol. The molecule has 100 valence electrons. The summed E-state index contributed by atoms with van der Waals surface area (Å²) < 4.78 is 0. The standard InChI is InChI=1S/C14H18N4S/c1-3-10-6-4-5-7-11(10)9-16-13-8-12(15)17-14(18-13)19-2/h4-8H,3,9H2,1-2H3,(H3,15,16,17,18). The van der Waals surface area contributed by atoms with Crippen LogP contribution >= 0.6 is 11.8 Å². The summed E-state index contributed by atoms with van der Waals surface area (Å²) in [5, 5.41) is 3.99. The van der Waals surface area contributed by atoms with Crippen LogP contribution in [0.5, 0.6) is 0 Å². The molecular weight excluding hydrogens is 256 g/mol. The molecule has 0 aliphatic rings. The molecule has 19 heavy (non-hydrogen) atoms. The van der Waals surface area contributed by atoms with Gasteiger partial charge in [-0.25, -0.2) is 9.97 Å². The molecule has 0 fully saturated rings.